The number of rotatable bonds is 5. The summed E-state index contributed by atoms with van der Waals surface area (Å²) in [6.45, 7) is 0. The molecule has 1 heterocycles. The van der Waals surface area contributed by atoms with Gasteiger partial charge in [-0.2, -0.15) is 0 Å². The molecule has 2 aromatic carbocycles. The van der Waals surface area contributed by atoms with Gasteiger partial charge in [-0.1, -0.05) is 12.1 Å². The second-order valence-corrected chi connectivity index (χ2v) is 5.85. The third kappa shape index (κ3) is 3.76. The molecule has 1 aliphatic heterocycles. The SMILES string of the molecule is COc1cccc(N2C(=O)NC(=O)C(=Cc3ccc(OC)c([N+](=O)[O-])c3)C2=O)c1. The van der Waals surface area contributed by atoms with E-state index in [4.69, 9.17) is 9.47 Å². The molecule has 4 amide bonds. The zero-order chi connectivity index (χ0) is 21.1. The standard InChI is InChI=1S/C19H15N3O7/c1-28-13-5-3-4-12(10-13)21-18(24)14(17(23)20-19(21)25)8-11-6-7-16(29-2)15(9-11)22(26)27/h3-10H,1-2H3,(H,20,23,25). The second-order valence-electron chi connectivity index (χ2n) is 5.85. The monoisotopic (exact) mass is 397 g/mol. The van der Waals surface area contributed by atoms with E-state index in [0.29, 0.717) is 5.75 Å². The molecule has 2 aromatic rings. The molecule has 0 saturated carbocycles. The van der Waals surface area contributed by atoms with Gasteiger partial charge in [0.25, 0.3) is 11.8 Å². The highest BCUT2D eigenvalue weighted by atomic mass is 16.6. The van der Waals surface area contributed by atoms with Crippen LogP contribution in [0.1, 0.15) is 5.56 Å². The Labute approximate surface area is 164 Å². The van der Waals surface area contributed by atoms with E-state index in [1.54, 1.807) is 12.1 Å². The molecule has 1 saturated heterocycles. The minimum absolute atomic E-state index is 0.0322. The van der Waals surface area contributed by atoms with Crippen LogP contribution in [-0.4, -0.2) is 37.0 Å². The fourth-order valence-corrected chi connectivity index (χ4v) is 2.75. The maximum absolute atomic E-state index is 12.9. The molecule has 1 N–H and O–H groups in total. The number of amides is 4. The zero-order valence-corrected chi connectivity index (χ0v) is 15.4. The highest BCUT2D eigenvalue weighted by Crippen LogP contribution is 2.30. The Bertz CT molecular complexity index is 1060. The van der Waals surface area contributed by atoms with Gasteiger partial charge < -0.3 is 9.47 Å². The summed E-state index contributed by atoms with van der Waals surface area (Å²) in [4.78, 5) is 48.7. The average molecular weight is 397 g/mol. The third-order valence-electron chi connectivity index (χ3n) is 4.12. The van der Waals surface area contributed by atoms with Crippen molar-refractivity contribution in [3.8, 4) is 11.5 Å². The lowest BCUT2D eigenvalue weighted by molar-refractivity contribution is -0.385. The molecule has 3 rings (SSSR count). The molecule has 0 spiro atoms. The molecular weight excluding hydrogens is 382 g/mol. The van der Waals surface area contributed by atoms with Gasteiger partial charge in [0, 0.05) is 12.1 Å². The molecule has 0 radical (unpaired) electrons. The van der Waals surface area contributed by atoms with Gasteiger partial charge >= 0.3 is 11.7 Å². The number of anilines is 1. The Morgan fingerprint density at radius 2 is 1.83 bits per heavy atom. The number of carbonyl (C=O) groups is 3. The van der Waals surface area contributed by atoms with E-state index < -0.39 is 22.8 Å². The first-order valence-corrected chi connectivity index (χ1v) is 8.23. The Morgan fingerprint density at radius 1 is 1.07 bits per heavy atom. The van der Waals surface area contributed by atoms with Crippen molar-refractivity contribution in [1.82, 2.24) is 5.32 Å². The van der Waals surface area contributed by atoms with E-state index in [1.807, 2.05) is 0 Å². The van der Waals surface area contributed by atoms with Crippen LogP contribution in [0.4, 0.5) is 16.2 Å². The topological polar surface area (TPSA) is 128 Å². The smallest absolute Gasteiger partial charge is 0.335 e. The van der Waals surface area contributed by atoms with Crippen LogP contribution >= 0.6 is 0 Å². The summed E-state index contributed by atoms with van der Waals surface area (Å²) in [5.74, 6) is -1.33. The van der Waals surface area contributed by atoms with Crippen molar-refractivity contribution in [2.24, 2.45) is 0 Å². The molecule has 0 aromatic heterocycles. The van der Waals surface area contributed by atoms with Gasteiger partial charge in [-0.05, 0) is 29.8 Å². The summed E-state index contributed by atoms with van der Waals surface area (Å²) in [6, 6.07) is 9.24. The Hall–Kier alpha value is -4.21. The molecule has 0 aliphatic carbocycles. The highest BCUT2D eigenvalue weighted by Gasteiger charge is 2.37. The fourth-order valence-electron chi connectivity index (χ4n) is 2.75. The Balaban J connectivity index is 2.03. The van der Waals surface area contributed by atoms with Crippen LogP contribution < -0.4 is 19.7 Å². The van der Waals surface area contributed by atoms with E-state index in [0.717, 1.165) is 4.90 Å². The maximum atomic E-state index is 12.9. The molecule has 10 heteroatoms. The minimum Gasteiger partial charge on any atom is -0.497 e. The van der Waals surface area contributed by atoms with Crippen molar-refractivity contribution in [2.45, 2.75) is 0 Å². The van der Waals surface area contributed by atoms with Gasteiger partial charge in [-0.25, -0.2) is 9.69 Å². The molecule has 1 fully saturated rings. The van der Waals surface area contributed by atoms with Gasteiger partial charge in [0.05, 0.1) is 24.8 Å². The molecule has 0 unspecified atom stereocenters. The van der Waals surface area contributed by atoms with E-state index in [-0.39, 0.29) is 28.3 Å². The number of nitrogens with zero attached hydrogens (tertiary/aromatic N) is 2. The zero-order valence-electron chi connectivity index (χ0n) is 15.4. The summed E-state index contributed by atoms with van der Waals surface area (Å²) in [5, 5.41) is 13.3. The summed E-state index contributed by atoms with van der Waals surface area (Å²) < 4.78 is 10.0. The first kappa shape index (κ1) is 19.5. The predicted molar refractivity (Wildman–Crippen MR) is 102 cm³/mol. The van der Waals surface area contributed by atoms with Crippen LogP contribution in [0.15, 0.2) is 48.0 Å². The third-order valence-corrected chi connectivity index (χ3v) is 4.12. The number of hydrogen-bond donors (Lipinski definition) is 1. The van der Waals surface area contributed by atoms with Gasteiger partial charge in [-0.3, -0.25) is 25.0 Å². The van der Waals surface area contributed by atoms with Crippen LogP contribution in [0.3, 0.4) is 0 Å². The van der Waals surface area contributed by atoms with Crippen LogP contribution in [-0.2, 0) is 9.59 Å². The lowest BCUT2D eigenvalue weighted by atomic mass is 10.1. The number of carbonyl (C=O) groups excluding carboxylic acids is 3. The molecule has 1 aliphatic rings. The molecule has 10 nitrogen and oxygen atoms in total. The van der Waals surface area contributed by atoms with Crippen molar-refractivity contribution in [3.05, 3.63) is 63.7 Å². The minimum atomic E-state index is -0.911. The summed E-state index contributed by atoms with van der Waals surface area (Å²) in [6.07, 6.45) is 1.17. The van der Waals surface area contributed by atoms with E-state index >= 15 is 0 Å². The number of nitro benzene ring substituents is 1. The molecular formula is C19H15N3O7. The van der Waals surface area contributed by atoms with Crippen molar-refractivity contribution in [1.29, 1.82) is 0 Å². The molecule has 29 heavy (non-hydrogen) atoms. The number of urea groups is 1. The van der Waals surface area contributed by atoms with Gasteiger partial charge in [0.1, 0.15) is 11.3 Å². The normalized spacial score (nSPS) is 15.3. The van der Waals surface area contributed by atoms with Gasteiger partial charge in [-0.15, -0.1) is 0 Å². The highest BCUT2D eigenvalue weighted by molar-refractivity contribution is 6.39. The number of ether oxygens (including phenoxy) is 2. The maximum Gasteiger partial charge on any atom is 0.335 e. The summed E-state index contributed by atoms with van der Waals surface area (Å²) >= 11 is 0. The van der Waals surface area contributed by atoms with Gasteiger partial charge in [0.2, 0.25) is 0 Å². The Kier molecular flexibility index (Phi) is 5.26. The number of methoxy groups -OCH3 is 2. The van der Waals surface area contributed by atoms with Gasteiger partial charge in [0.15, 0.2) is 5.75 Å². The fraction of sp³-hybridized carbons (Fsp3) is 0.105. The number of nitrogens with one attached hydrogen (secondary N) is 1. The van der Waals surface area contributed by atoms with Crippen LogP contribution in [0.25, 0.3) is 6.08 Å². The number of benzene rings is 2. The number of imide groups is 2. The molecule has 0 bridgehead atoms. The number of barbiturate groups is 1. The van der Waals surface area contributed by atoms with Crippen molar-refractivity contribution in [3.63, 3.8) is 0 Å². The molecule has 0 atom stereocenters. The van der Waals surface area contributed by atoms with Crippen molar-refractivity contribution >= 4 is 35.3 Å². The average Bonchev–Trinajstić information content (AvgIpc) is 2.71. The first-order valence-electron chi connectivity index (χ1n) is 8.23. The van der Waals surface area contributed by atoms with E-state index in [2.05, 4.69) is 5.32 Å². The molecule has 148 valence electrons. The summed E-state index contributed by atoms with van der Waals surface area (Å²) in [5.41, 5.74) is -0.264. The van der Waals surface area contributed by atoms with Crippen LogP contribution in [0.2, 0.25) is 0 Å². The quantitative estimate of drug-likeness (QED) is 0.355. The number of hydrogen-bond acceptors (Lipinski definition) is 7. The largest absolute Gasteiger partial charge is 0.497 e. The lowest BCUT2D eigenvalue weighted by Crippen LogP contribution is -2.54. The number of nitro groups is 1. The van der Waals surface area contributed by atoms with E-state index in [1.165, 1.54) is 50.6 Å². The van der Waals surface area contributed by atoms with Crippen molar-refractivity contribution in [2.75, 3.05) is 19.1 Å². The Morgan fingerprint density at radius 3 is 2.48 bits per heavy atom. The van der Waals surface area contributed by atoms with Crippen LogP contribution in [0.5, 0.6) is 11.5 Å². The first-order chi connectivity index (χ1) is 13.8. The predicted octanol–water partition coefficient (Wildman–Crippen LogP) is 2.28. The second kappa shape index (κ2) is 7.80. The summed E-state index contributed by atoms with van der Waals surface area (Å²) in [7, 11) is 2.72. The van der Waals surface area contributed by atoms with Crippen LogP contribution in [0, 0.1) is 10.1 Å². The lowest BCUT2D eigenvalue weighted by Gasteiger charge is -2.26. The van der Waals surface area contributed by atoms with E-state index in [9.17, 15) is 24.5 Å². The van der Waals surface area contributed by atoms with Crippen molar-refractivity contribution < 1.29 is 28.8 Å².